The molecule has 1 aliphatic carbocycles. The summed E-state index contributed by atoms with van der Waals surface area (Å²) in [7, 11) is 0. The number of fused-ring (bicyclic) bond motifs is 2. The number of aryl methyl sites for hydroxylation is 2. The van der Waals surface area contributed by atoms with Gasteiger partial charge in [-0.3, -0.25) is 4.79 Å². The van der Waals surface area contributed by atoms with E-state index in [-0.39, 0.29) is 12.0 Å². The smallest absolute Gasteiger partial charge is 0.225 e. The van der Waals surface area contributed by atoms with Gasteiger partial charge in [0, 0.05) is 22.6 Å². The van der Waals surface area contributed by atoms with Crippen LogP contribution in [0.4, 0.5) is 8.78 Å². The molecule has 1 aliphatic rings. The standard InChI is InChI=1S/C21H16F2N2O2/c22-15-4-5-16(18(23)9-15)19(10-24)25-21(26)8-14-11-27-20-7-13-3-1-2-12(13)6-17(14)20/h4-7,9,11,19H,1-3,8H2,(H,25,26). The number of nitriles is 1. The summed E-state index contributed by atoms with van der Waals surface area (Å²) in [5, 5.41) is 12.7. The fourth-order valence-electron chi connectivity index (χ4n) is 3.59. The Morgan fingerprint density at radius 2 is 2.00 bits per heavy atom. The first-order chi connectivity index (χ1) is 13.0. The van der Waals surface area contributed by atoms with Crippen molar-refractivity contribution in [3.63, 3.8) is 0 Å². The molecule has 0 spiro atoms. The van der Waals surface area contributed by atoms with Crippen LogP contribution in [-0.2, 0) is 24.1 Å². The zero-order valence-electron chi connectivity index (χ0n) is 14.4. The molecule has 0 saturated heterocycles. The van der Waals surface area contributed by atoms with Crippen LogP contribution in [0.2, 0.25) is 0 Å². The van der Waals surface area contributed by atoms with E-state index in [1.807, 2.05) is 12.1 Å². The summed E-state index contributed by atoms with van der Waals surface area (Å²) in [5.41, 5.74) is 3.94. The average Bonchev–Trinajstić information content (AvgIpc) is 3.25. The minimum absolute atomic E-state index is 0.00673. The van der Waals surface area contributed by atoms with Gasteiger partial charge in [0.1, 0.15) is 23.3 Å². The monoisotopic (exact) mass is 366 g/mol. The van der Waals surface area contributed by atoms with Crippen LogP contribution in [0.25, 0.3) is 11.0 Å². The molecule has 1 N–H and O–H groups in total. The summed E-state index contributed by atoms with van der Waals surface area (Å²) in [4.78, 5) is 12.4. The maximum atomic E-state index is 13.9. The molecule has 1 heterocycles. The number of amides is 1. The molecule has 136 valence electrons. The number of carbonyl (C=O) groups is 1. The number of rotatable bonds is 4. The summed E-state index contributed by atoms with van der Waals surface area (Å²) in [6.45, 7) is 0. The van der Waals surface area contributed by atoms with E-state index >= 15 is 0 Å². The highest BCUT2D eigenvalue weighted by Crippen LogP contribution is 2.30. The summed E-state index contributed by atoms with van der Waals surface area (Å²) in [5.74, 6) is -2.05. The van der Waals surface area contributed by atoms with Crippen LogP contribution in [-0.4, -0.2) is 5.91 Å². The number of hydrogen-bond acceptors (Lipinski definition) is 3. The molecule has 4 rings (SSSR count). The number of nitrogens with one attached hydrogen (secondary N) is 1. The fourth-order valence-corrected chi connectivity index (χ4v) is 3.59. The van der Waals surface area contributed by atoms with Crippen LogP contribution in [0.3, 0.4) is 0 Å². The van der Waals surface area contributed by atoms with Gasteiger partial charge in [-0.2, -0.15) is 5.26 Å². The van der Waals surface area contributed by atoms with Crippen LogP contribution < -0.4 is 5.32 Å². The predicted octanol–water partition coefficient (Wildman–Crippen LogP) is 4.12. The van der Waals surface area contributed by atoms with Gasteiger partial charge in [-0.25, -0.2) is 8.78 Å². The lowest BCUT2D eigenvalue weighted by Gasteiger charge is -2.12. The molecule has 1 unspecified atom stereocenters. The zero-order chi connectivity index (χ0) is 19.0. The molecule has 6 heteroatoms. The lowest BCUT2D eigenvalue weighted by molar-refractivity contribution is -0.120. The molecular formula is C21H16F2N2O2. The van der Waals surface area contributed by atoms with Crippen molar-refractivity contribution in [2.24, 2.45) is 0 Å². The SMILES string of the molecule is N#CC(NC(=O)Cc1coc2cc3c(cc12)CCC3)c1ccc(F)cc1F. The van der Waals surface area contributed by atoms with Crippen molar-refractivity contribution < 1.29 is 18.0 Å². The molecule has 3 aromatic rings. The zero-order valence-corrected chi connectivity index (χ0v) is 14.4. The van der Waals surface area contributed by atoms with Crippen LogP contribution in [0.1, 0.15) is 34.7 Å². The van der Waals surface area contributed by atoms with Gasteiger partial charge in [-0.15, -0.1) is 0 Å². The Balaban J connectivity index is 1.54. The number of hydrogen-bond donors (Lipinski definition) is 1. The van der Waals surface area contributed by atoms with Gasteiger partial charge < -0.3 is 9.73 Å². The third kappa shape index (κ3) is 3.28. The molecule has 0 aliphatic heterocycles. The maximum Gasteiger partial charge on any atom is 0.225 e. The predicted molar refractivity (Wildman–Crippen MR) is 94.8 cm³/mol. The fraction of sp³-hybridized carbons (Fsp3) is 0.238. The van der Waals surface area contributed by atoms with Crippen LogP contribution >= 0.6 is 0 Å². The van der Waals surface area contributed by atoms with E-state index in [0.717, 1.165) is 42.4 Å². The molecule has 0 radical (unpaired) electrons. The van der Waals surface area contributed by atoms with Crippen molar-refractivity contribution in [1.29, 1.82) is 5.26 Å². The molecule has 27 heavy (non-hydrogen) atoms. The first-order valence-electron chi connectivity index (χ1n) is 8.71. The first kappa shape index (κ1) is 17.2. The molecule has 0 saturated carbocycles. The lowest BCUT2D eigenvalue weighted by atomic mass is 10.0. The van der Waals surface area contributed by atoms with E-state index in [9.17, 15) is 18.8 Å². The highest BCUT2D eigenvalue weighted by molar-refractivity contribution is 5.89. The molecule has 0 bridgehead atoms. The van der Waals surface area contributed by atoms with Crippen LogP contribution in [0.15, 0.2) is 41.0 Å². The second kappa shape index (κ2) is 6.84. The topological polar surface area (TPSA) is 66.0 Å². The Bertz CT molecular complexity index is 1080. The molecule has 4 nitrogen and oxygen atoms in total. The Kier molecular flexibility index (Phi) is 4.36. The minimum atomic E-state index is -1.19. The molecule has 1 aromatic heterocycles. The molecule has 1 amide bonds. The van der Waals surface area contributed by atoms with Crippen molar-refractivity contribution in [3.05, 3.63) is 70.5 Å². The van der Waals surface area contributed by atoms with Crippen molar-refractivity contribution in [1.82, 2.24) is 5.32 Å². The number of nitrogens with zero attached hydrogens (tertiary/aromatic N) is 1. The van der Waals surface area contributed by atoms with Crippen LogP contribution in [0.5, 0.6) is 0 Å². The average molecular weight is 366 g/mol. The van der Waals surface area contributed by atoms with Gasteiger partial charge in [-0.1, -0.05) is 6.07 Å². The molecule has 1 atom stereocenters. The molecule has 0 fully saturated rings. The second-order valence-electron chi connectivity index (χ2n) is 6.70. The number of furan rings is 1. The van der Waals surface area contributed by atoms with Gasteiger partial charge in [0.2, 0.25) is 5.91 Å². The Morgan fingerprint density at radius 3 is 2.74 bits per heavy atom. The Morgan fingerprint density at radius 1 is 1.22 bits per heavy atom. The third-order valence-corrected chi connectivity index (χ3v) is 4.93. The summed E-state index contributed by atoms with van der Waals surface area (Å²) < 4.78 is 32.5. The summed E-state index contributed by atoms with van der Waals surface area (Å²) >= 11 is 0. The Labute approximate surface area is 154 Å². The highest BCUT2D eigenvalue weighted by Gasteiger charge is 2.20. The molecular weight excluding hydrogens is 350 g/mol. The van der Waals surface area contributed by atoms with Crippen molar-refractivity contribution in [3.8, 4) is 6.07 Å². The number of carbonyl (C=O) groups excluding carboxylic acids is 1. The number of halogens is 2. The van der Waals surface area contributed by atoms with Crippen molar-refractivity contribution in [2.75, 3.05) is 0 Å². The van der Waals surface area contributed by atoms with E-state index in [0.29, 0.717) is 11.6 Å². The lowest BCUT2D eigenvalue weighted by Crippen LogP contribution is -2.29. The van der Waals surface area contributed by atoms with Gasteiger partial charge in [-0.05, 0) is 48.6 Å². The van der Waals surface area contributed by atoms with Gasteiger partial charge >= 0.3 is 0 Å². The quantitative estimate of drug-likeness (QED) is 0.755. The van der Waals surface area contributed by atoms with Gasteiger partial charge in [0.05, 0.1) is 18.8 Å². The van der Waals surface area contributed by atoms with E-state index < -0.39 is 23.6 Å². The van der Waals surface area contributed by atoms with Crippen LogP contribution in [0, 0.1) is 23.0 Å². The summed E-state index contributed by atoms with van der Waals surface area (Å²) in [6, 6.07) is 7.64. The van der Waals surface area contributed by atoms with Gasteiger partial charge in [0.15, 0.2) is 0 Å². The highest BCUT2D eigenvalue weighted by atomic mass is 19.1. The summed E-state index contributed by atoms with van der Waals surface area (Å²) in [6.07, 6.45) is 4.72. The van der Waals surface area contributed by atoms with E-state index in [4.69, 9.17) is 4.42 Å². The third-order valence-electron chi connectivity index (χ3n) is 4.93. The number of benzene rings is 2. The van der Waals surface area contributed by atoms with Gasteiger partial charge in [0.25, 0.3) is 0 Å². The first-order valence-corrected chi connectivity index (χ1v) is 8.71. The van der Waals surface area contributed by atoms with E-state index in [1.165, 1.54) is 11.1 Å². The largest absolute Gasteiger partial charge is 0.464 e. The maximum absolute atomic E-state index is 13.9. The second-order valence-corrected chi connectivity index (χ2v) is 6.70. The normalized spacial score (nSPS) is 14.0. The minimum Gasteiger partial charge on any atom is -0.464 e. The Hall–Kier alpha value is -3.20. The van der Waals surface area contributed by atoms with E-state index in [2.05, 4.69) is 11.4 Å². The van der Waals surface area contributed by atoms with E-state index in [1.54, 1.807) is 6.26 Å². The van der Waals surface area contributed by atoms with Crippen molar-refractivity contribution in [2.45, 2.75) is 31.7 Å². The van der Waals surface area contributed by atoms with Crippen molar-refractivity contribution >= 4 is 16.9 Å². The molecule has 2 aromatic carbocycles.